The third kappa shape index (κ3) is 2.88. The van der Waals surface area contributed by atoms with E-state index in [1.807, 2.05) is 40.8 Å². The van der Waals surface area contributed by atoms with Crippen LogP contribution in [0.2, 0.25) is 0 Å². The van der Waals surface area contributed by atoms with Crippen LogP contribution in [0, 0.1) is 13.7 Å². The zero-order chi connectivity index (χ0) is 14.8. The van der Waals surface area contributed by atoms with Crippen LogP contribution in [0.3, 0.4) is 0 Å². The minimum atomic E-state index is -0.331. The van der Waals surface area contributed by atoms with Crippen molar-refractivity contribution in [3.8, 4) is 0 Å². The Labute approximate surface area is 137 Å². The zero-order valence-corrected chi connectivity index (χ0v) is 13.6. The molecule has 0 atom stereocenters. The predicted molar refractivity (Wildman–Crippen MR) is 92.2 cm³/mol. The number of aryl methyl sites for hydroxylation is 1. The van der Waals surface area contributed by atoms with Gasteiger partial charge in [0, 0.05) is 24.0 Å². The number of fused-ring (bicyclic) bond motifs is 1. The third-order valence-corrected chi connectivity index (χ3v) is 4.66. The average Bonchev–Trinajstić information content (AvgIpc) is 2.69. The number of nitro benzene ring substituents is 1. The van der Waals surface area contributed by atoms with Crippen molar-refractivity contribution in [3.05, 3.63) is 61.7 Å². The van der Waals surface area contributed by atoms with E-state index in [1.54, 1.807) is 6.07 Å². The molecule has 1 heterocycles. The molecule has 0 N–H and O–H groups in total. The van der Waals surface area contributed by atoms with Crippen LogP contribution in [0.5, 0.6) is 0 Å². The summed E-state index contributed by atoms with van der Waals surface area (Å²) in [5.41, 5.74) is 3.77. The van der Waals surface area contributed by atoms with E-state index in [2.05, 4.69) is 23.1 Å². The molecule has 0 saturated carbocycles. The second-order valence-electron chi connectivity index (χ2n) is 5.13. The van der Waals surface area contributed by atoms with Crippen LogP contribution in [0.25, 0.3) is 0 Å². The van der Waals surface area contributed by atoms with Gasteiger partial charge in [0.2, 0.25) is 0 Å². The minimum Gasteiger partial charge on any atom is -0.341 e. The highest BCUT2D eigenvalue weighted by molar-refractivity contribution is 14.1. The summed E-state index contributed by atoms with van der Waals surface area (Å²) in [5.74, 6) is 0. The molecule has 1 aliphatic rings. The number of anilines is 2. The summed E-state index contributed by atoms with van der Waals surface area (Å²) in [6, 6.07) is 13.8. The molecule has 0 bridgehead atoms. The van der Waals surface area contributed by atoms with E-state index in [0.717, 1.165) is 25.1 Å². The van der Waals surface area contributed by atoms with Gasteiger partial charge < -0.3 is 4.90 Å². The first-order valence-corrected chi connectivity index (χ1v) is 8.04. The number of halogens is 1. The fourth-order valence-electron chi connectivity index (χ4n) is 2.77. The molecule has 0 aromatic heterocycles. The molecule has 4 nitrogen and oxygen atoms in total. The number of para-hydroxylation sites is 1. The fourth-order valence-corrected chi connectivity index (χ4v) is 3.47. The summed E-state index contributed by atoms with van der Waals surface area (Å²) >= 11 is 2.04. The SMILES string of the molecule is O=[N+]([O-])c1ccc(N2CCCCc3ccccc32)cc1I. The van der Waals surface area contributed by atoms with E-state index in [9.17, 15) is 10.1 Å². The Morgan fingerprint density at radius 2 is 1.95 bits per heavy atom. The molecule has 2 aromatic carbocycles. The number of rotatable bonds is 2. The van der Waals surface area contributed by atoms with Crippen molar-refractivity contribution >= 4 is 39.7 Å². The topological polar surface area (TPSA) is 46.4 Å². The van der Waals surface area contributed by atoms with Crippen molar-refractivity contribution in [1.82, 2.24) is 0 Å². The smallest absolute Gasteiger partial charge is 0.282 e. The van der Waals surface area contributed by atoms with Gasteiger partial charge in [-0.1, -0.05) is 18.2 Å². The lowest BCUT2D eigenvalue weighted by atomic mass is 10.1. The van der Waals surface area contributed by atoms with Crippen LogP contribution in [-0.2, 0) is 6.42 Å². The van der Waals surface area contributed by atoms with Gasteiger partial charge in [0.25, 0.3) is 5.69 Å². The van der Waals surface area contributed by atoms with Crippen LogP contribution >= 0.6 is 22.6 Å². The summed E-state index contributed by atoms with van der Waals surface area (Å²) in [5, 5.41) is 10.9. The maximum absolute atomic E-state index is 10.9. The molecule has 0 radical (unpaired) electrons. The van der Waals surface area contributed by atoms with Gasteiger partial charge in [-0.25, -0.2) is 0 Å². The standard InChI is InChI=1S/C16H15IN2O2/c17-14-11-13(8-9-16(14)19(20)21)18-10-4-3-6-12-5-1-2-7-15(12)18/h1-2,5,7-9,11H,3-4,6,10H2. The Kier molecular flexibility index (Phi) is 4.10. The maximum Gasteiger partial charge on any atom is 0.282 e. The van der Waals surface area contributed by atoms with E-state index < -0.39 is 0 Å². The van der Waals surface area contributed by atoms with Gasteiger partial charge in [-0.05, 0) is 65.6 Å². The third-order valence-electron chi connectivity index (χ3n) is 3.80. The van der Waals surface area contributed by atoms with Crippen LogP contribution in [0.15, 0.2) is 42.5 Å². The first kappa shape index (κ1) is 14.3. The van der Waals surface area contributed by atoms with E-state index >= 15 is 0 Å². The monoisotopic (exact) mass is 394 g/mol. The van der Waals surface area contributed by atoms with Gasteiger partial charge in [-0.15, -0.1) is 0 Å². The summed E-state index contributed by atoms with van der Waals surface area (Å²) < 4.78 is 0.678. The molecule has 0 aliphatic carbocycles. The first-order valence-electron chi connectivity index (χ1n) is 6.96. The summed E-state index contributed by atoms with van der Waals surface area (Å²) in [7, 11) is 0. The molecule has 0 spiro atoms. The Morgan fingerprint density at radius 3 is 2.71 bits per heavy atom. The predicted octanol–water partition coefficient (Wildman–Crippen LogP) is 4.67. The van der Waals surface area contributed by atoms with Crippen LogP contribution < -0.4 is 4.90 Å². The van der Waals surface area contributed by atoms with Crippen molar-refractivity contribution in [3.63, 3.8) is 0 Å². The molecule has 5 heteroatoms. The number of hydrogen-bond donors (Lipinski definition) is 0. The number of nitro groups is 1. The minimum absolute atomic E-state index is 0.169. The molecule has 0 amide bonds. The Hall–Kier alpha value is -1.63. The van der Waals surface area contributed by atoms with Crippen LogP contribution in [0.1, 0.15) is 18.4 Å². The van der Waals surface area contributed by atoms with Crippen molar-refractivity contribution in [2.45, 2.75) is 19.3 Å². The molecule has 0 unspecified atom stereocenters. The lowest BCUT2D eigenvalue weighted by Crippen LogP contribution is -2.18. The normalized spacial score (nSPS) is 14.4. The molecule has 21 heavy (non-hydrogen) atoms. The molecular weight excluding hydrogens is 379 g/mol. The number of nitrogens with zero attached hydrogens (tertiary/aromatic N) is 2. The molecule has 0 fully saturated rings. The zero-order valence-electron chi connectivity index (χ0n) is 11.5. The number of benzene rings is 2. The van der Waals surface area contributed by atoms with E-state index in [0.29, 0.717) is 3.57 Å². The van der Waals surface area contributed by atoms with Crippen molar-refractivity contribution < 1.29 is 4.92 Å². The molecule has 1 aliphatic heterocycles. The molecule has 2 aromatic rings. The van der Waals surface area contributed by atoms with E-state index in [4.69, 9.17) is 0 Å². The highest BCUT2D eigenvalue weighted by Gasteiger charge is 2.19. The second-order valence-corrected chi connectivity index (χ2v) is 6.29. The fraction of sp³-hybridized carbons (Fsp3) is 0.250. The summed E-state index contributed by atoms with van der Waals surface area (Å²) in [6.07, 6.45) is 3.40. The average molecular weight is 394 g/mol. The number of hydrogen-bond acceptors (Lipinski definition) is 3. The molecule has 3 rings (SSSR count). The quantitative estimate of drug-likeness (QED) is 0.423. The highest BCUT2D eigenvalue weighted by Crippen LogP contribution is 2.35. The van der Waals surface area contributed by atoms with Gasteiger partial charge in [0.05, 0.1) is 8.49 Å². The van der Waals surface area contributed by atoms with Crippen LogP contribution in [0.4, 0.5) is 17.1 Å². The lowest BCUT2D eigenvalue weighted by Gasteiger charge is -2.25. The van der Waals surface area contributed by atoms with E-state index in [-0.39, 0.29) is 10.6 Å². The van der Waals surface area contributed by atoms with E-state index in [1.165, 1.54) is 17.7 Å². The van der Waals surface area contributed by atoms with Crippen molar-refractivity contribution in [2.24, 2.45) is 0 Å². The Morgan fingerprint density at radius 1 is 1.14 bits per heavy atom. The second kappa shape index (κ2) is 6.01. The first-order chi connectivity index (χ1) is 10.2. The van der Waals surface area contributed by atoms with Gasteiger partial charge in [0.1, 0.15) is 0 Å². The Balaban J connectivity index is 2.04. The largest absolute Gasteiger partial charge is 0.341 e. The summed E-state index contributed by atoms with van der Waals surface area (Å²) in [4.78, 5) is 12.9. The van der Waals surface area contributed by atoms with Gasteiger partial charge in [-0.2, -0.15) is 0 Å². The summed E-state index contributed by atoms with van der Waals surface area (Å²) in [6.45, 7) is 0.949. The molecule has 108 valence electrons. The lowest BCUT2D eigenvalue weighted by molar-refractivity contribution is -0.385. The van der Waals surface area contributed by atoms with Crippen molar-refractivity contribution in [2.75, 3.05) is 11.4 Å². The van der Waals surface area contributed by atoms with Gasteiger partial charge >= 0.3 is 0 Å². The molecular formula is C16H15IN2O2. The maximum atomic E-state index is 10.9. The van der Waals surface area contributed by atoms with Gasteiger partial charge in [0.15, 0.2) is 0 Å². The highest BCUT2D eigenvalue weighted by atomic mass is 127. The van der Waals surface area contributed by atoms with Gasteiger partial charge in [-0.3, -0.25) is 10.1 Å². The van der Waals surface area contributed by atoms with Crippen LogP contribution in [-0.4, -0.2) is 11.5 Å². The molecule has 0 saturated heterocycles. The van der Waals surface area contributed by atoms with Crippen molar-refractivity contribution in [1.29, 1.82) is 0 Å². The Bertz CT molecular complexity index is 688.